The van der Waals surface area contributed by atoms with Gasteiger partial charge < -0.3 is 4.90 Å². The fraction of sp³-hybridized carbons (Fsp3) is 0.417. The molecule has 0 spiro atoms. The lowest BCUT2D eigenvalue weighted by Crippen LogP contribution is -2.25. The molecule has 0 heterocycles. The molecule has 0 aliphatic heterocycles. The first-order valence-electron chi connectivity index (χ1n) is 5.10. The average molecular weight is 226 g/mol. The third-order valence-corrected chi connectivity index (χ3v) is 2.72. The summed E-state index contributed by atoms with van der Waals surface area (Å²) in [6, 6.07) is 5.77. The van der Waals surface area contributed by atoms with Crippen LogP contribution in [0.15, 0.2) is 18.2 Å². The summed E-state index contributed by atoms with van der Waals surface area (Å²) in [5, 5.41) is 0. The molecule has 82 valence electrons. The zero-order valence-corrected chi connectivity index (χ0v) is 9.92. The molecular weight excluding hydrogens is 210 g/mol. The van der Waals surface area contributed by atoms with Crippen LogP contribution in [0, 0.1) is 6.92 Å². The molecule has 0 bridgehead atoms. The van der Waals surface area contributed by atoms with Gasteiger partial charge in [0.05, 0.1) is 0 Å². The quantitative estimate of drug-likeness (QED) is 0.567. The van der Waals surface area contributed by atoms with Crippen LogP contribution in [0.5, 0.6) is 0 Å². The first-order chi connectivity index (χ1) is 7.24. The van der Waals surface area contributed by atoms with Crippen molar-refractivity contribution >= 4 is 23.6 Å². The number of hydrogen-bond donors (Lipinski definition) is 0. The summed E-state index contributed by atoms with van der Waals surface area (Å²) in [7, 11) is 0. The topological polar surface area (TPSA) is 20.3 Å². The van der Waals surface area contributed by atoms with Crippen molar-refractivity contribution in [2.45, 2.75) is 13.8 Å². The standard InChI is InChI=1S/C12H16ClNO/c1-3-14(8-7-13)12-6-4-5-11(9-15)10(12)2/h4-6,9H,3,7-8H2,1-2H3. The molecule has 1 aromatic carbocycles. The highest BCUT2D eigenvalue weighted by Crippen LogP contribution is 2.22. The molecule has 0 N–H and O–H groups in total. The summed E-state index contributed by atoms with van der Waals surface area (Å²) in [4.78, 5) is 13.0. The second-order valence-corrected chi connectivity index (χ2v) is 3.76. The lowest BCUT2D eigenvalue weighted by molar-refractivity contribution is 0.112. The number of anilines is 1. The van der Waals surface area contributed by atoms with Gasteiger partial charge in [0.1, 0.15) is 6.29 Å². The Morgan fingerprint density at radius 1 is 1.47 bits per heavy atom. The first-order valence-corrected chi connectivity index (χ1v) is 5.63. The Labute approximate surface area is 95.8 Å². The monoisotopic (exact) mass is 225 g/mol. The van der Waals surface area contributed by atoms with Crippen molar-refractivity contribution in [2.75, 3.05) is 23.9 Å². The van der Waals surface area contributed by atoms with E-state index in [1.165, 1.54) is 0 Å². The molecule has 0 saturated heterocycles. The summed E-state index contributed by atoms with van der Waals surface area (Å²) in [6.07, 6.45) is 0.896. The molecule has 0 saturated carbocycles. The van der Waals surface area contributed by atoms with Crippen molar-refractivity contribution in [1.29, 1.82) is 0 Å². The molecule has 0 amide bonds. The van der Waals surface area contributed by atoms with Gasteiger partial charge in [0.25, 0.3) is 0 Å². The van der Waals surface area contributed by atoms with E-state index in [2.05, 4.69) is 11.8 Å². The third-order valence-electron chi connectivity index (χ3n) is 2.55. The number of hydrogen-bond acceptors (Lipinski definition) is 2. The Balaban J connectivity index is 3.06. The van der Waals surface area contributed by atoms with Gasteiger partial charge in [-0.3, -0.25) is 4.79 Å². The van der Waals surface area contributed by atoms with Gasteiger partial charge in [0, 0.05) is 30.2 Å². The first kappa shape index (κ1) is 12.1. The fourth-order valence-electron chi connectivity index (χ4n) is 1.66. The Kier molecular flexibility index (Phi) is 4.63. The van der Waals surface area contributed by atoms with Crippen LogP contribution in [0.3, 0.4) is 0 Å². The molecule has 0 atom stereocenters. The van der Waals surface area contributed by atoms with Crippen LogP contribution in [0.25, 0.3) is 0 Å². The number of alkyl halides is 1. The molecule has 0 radical (unpaired) electrons. The van der Waals surface area contributed by atoms with Crippen LogP contribution >= 0.6 is 11.6 Å². The van der Waals surface area contributed by atoms with E-state index in [0.717, 1.165) is 36.2 Å². The Morgan fingerprint density at radius 3 is 2.73 bits per heavy atom. The molecule has 15 heavy (non-hydrogen) atoms. The summed E-state index contributed by atoms with van der Waals surface area (Å²) in [5.41, 5.74) is 2.88. The van der Waals surface area contributed by atoms with Crippen molar-refractivity contribution in [1.82, 2.24) is 0 Å². The predicted octanol–water partition coefficient (Wildman–Crippen LogP) is 2.87. The molecule has 0 aliphatic rings. The van der Waals surface area contributed by atoms with Crippen LogP contribution in [-0.2, 0) is 0 Å². The normalized spacial score (nSPS) is 10.1. The highest BCUT2D eigenvalue weighted by molar-refractivity contribution is 6.18. The molecular formula is C12H16ClNO. The van der Waals surface area contributed by atoms with E-state index < -0.39 is 0 Å². The predicted molar refractivity (Wildman–Crippen MR) is 65.2 cm³/mol. The van der Waals surface area contributed by atoms with Gasteiger partial charge in [0.15, 0.2) is 0 Å². The van der Waals surface area contributed by atoms with E-state index in [1.54, 1.807) is 0 Å². The Bertz CT molecular complexity index is 338. The van der Waals surface area contributed by atoms with Crippen LogP contribution in [0.4, 0.5) is 5.69 Å². The molecule has 2 nitrogen and oxygen atoms in total. The maximum atomic E-state index is 10.8. The van der Waals surface area contributed by atoms with Gasteiger partial charge in [-0.1, -0.05) is 12.1 Å². The van der Waals surface area contributed by atoms with Crippen LogP contribution in [0.1, 0.15) is 22.8 Å². The summed E-state index contributed by atoms with van der Waals surface area (Å²) in [5.74, 6) is 0.596. The number of rotatable bonds is 5. The van der Waals surface area contributed by atoms with Gasteiger partial charge in [-0.2, -0.15) is 0 Å². The minimum Gasteiger partial charge on any atom is -0.370 e. The maximum Gasteiger partial charge on any atom is 0.150 e. The van der Waals surface area contributed by atoms with E-state index in [4.69, 9.17) is 11.6 Å². The van der Waals surface area contributed by atoms with E-state index in [1.807, 2.05) is 25.1 Å². The van der Waals surface area contributed by atoms with Crippen LogP contribution in [-0.4, -0.2) is 25.3 Å². The molecule has 0 aromatic heterocycles. The van der Waals surface area contributed by atoms with E-state index in [9.17, 15) is 4.79 Å². The largest absolute Gasteiger partial charge is 0.370 e. The highest BCUT2D eigenvalue weighted by atomic mass is 35.5. The minimum atomic E-state index is 0.596. The second-order valence-electron chi connectivity index (χ2n) is 3.38. The van der Waals surface area contributed by atoms with E-state index in [0.29, 0.717) is 5.88 Å². The van der Waals surface area contributed by atoms with E-state index >= 15 is 0 Å². The lowest BCUT2D eigenvalue weighted by atomic mass is 10.1. The minimum absolute atomic E-state index is 0.596. The van der Waals surface area contributed by atoms with Crippen molar-refractivity contribution in [3.05, 3.63) is 29.3 Å². The number of nitrogens with zero attached hydrogens (tertiary/aromatic N) is 1. The number of aldehydes is 1. The zero-order valence-electron chi connectivity index (χ0n) is 9.16. The Hall–Kier alpha value is -1.02. The van der Waals surface area contributed by atoms with Crippen molar-refractivity contribution < 1.29 is 4.79 Å². The number of carbonyl (C=O) groups excluding carboxylic acids is 1. The van der Waals surface area contributed by atoms with Gasteiger partial charge in [-0.05, 0) is 25.5 Å². The maximum absolute atomic E-state index is 10.8. The smallest absolute Gasteiger partial charge is 0.150 e. The Morgan fingerprint density at radius 2 is 2.20 bits per heavy atom. The van der Waals surface area contributed by atoms with Gasteiger partial charge >= 0.3 is 0 Å². The van der Waals surface area contributed by atoms with Crippen molar-refractivity contribution in [2.24, 2.45) is 0 Å². The van der Waals surface area contributed by atoms with E-state index in [-0.39, 0.29) is 0 Å². The van der Waals surface area contributed by atoms with Crippen molar-refractivity contribution in [3.8, 4) is 0 Å². The average Bonchev–Trinajstić information content (AvgIpc) is 2.27. The number of halogens is 1. The molecule has 0 fully saturated rings. The summed E-state index contributed by atoms with van der Waals surface area (Å²) in [6.45, 7) is 5.76. The lowest BCUT2D eigenvalue weighted by Gasteiger charge is -2.24. The molecule has 0 unspecified atom stereocenters. The summed E-state index contributed by atoms with van der Waals surface area (Å²) >= 11 is 5.74. The second kappa shape index (κ2) is 5.76. The molecule has 3 heteroatoms. The molecule has 1 aromatic rings. The molecule has 0 aliphatic carbocycles. The third kappa shape index (κ3) is 2.72. The van der Waals surface area contributed by atoms with Gasteiger partial charge in [-0.25, -0.2) is 0 Å². The summed E-state index contributed by atoms with van der Waals surface area (Å²) < 4.78 is 0. The SMILES string of the molecule is CCN(CCCl)c1cccc(C=O)c1C. The van der Waals surface area contributed by atoms with Crippen molar-refractivity contribution in [3.63, 3.8) is 0 Å². The van der Waals surface area contributed by atoms with Gasteiger partial charge in [-0.15, -0.1) is 11.6 Å². The molecule has 1 rings (SSSR count). The fourth-order valence-corrected chi connectivity index (χ4v) is 1.87. The van der Waals surface area contributed by atoms with Gasteiger partial charge in [0.2, 0.25) is 0 Å². The number of benzene rings is 1. The highest BCUT2D eigenvalue weighted by Gasteiger charge is 2.08. The zero-order chi connectivity index (χ0) is 11.3. The van der Waals surface area contributed by atoms with Crippen LogP contribution in [0.2, 0.25) is 0 Å². The van der Waals surface area contributed by atoms with Crippen LogP contribution < -0.4 is 4.90 Å². The number of carbonyl (C=O) groups is 1.